The Morgan fingerprint density at radius 1 is 1.10 bits per heavy atom. The second kappa shape index (κ2) is 5.67. The van der Waals surface area contributed by atoms with Crippen molar-refractivity contribution in [3.05, 3.63) is 35.1 Å². The van der Waals surface area contributed by atoms with E-state index < -0.39 is 0 Å². The van der Waals surface area contributed by atoms with Crippen LogP contribution in [0, 0.1) is 30.5 Å². The molecule has 0 N–H and O–H groups in total. The molecule has 2 heteroatoms. The van der Waals surface area contributed by atoms with Gasteiger partial charge in [0, 0.05) is 11.5 Å². The predicted molar refractivity (Wildman–Crippen MR) is 78.3 cm³/mol. The zero-order chi connectivity index (χ0) is 14.1. The van der Waals surface area contributed by atoms with E-state index in [4.69, 9.17) is 0 Å². The molecule has 2 aliphatic rings. The van der Waals surface area contributed by atoms with Crippen molar-refractivity contribution >= 4 is 5.78 Å². The van der Waals surface area contributed by atoms with Crippen molar-refractivity contribution in [1.29, 1.82) is 0 Å². The Morgan fingerprint density at radius 2 is 1.85 bits per heavy atom. The normalized spacial score (nSPS) is 29.8. The number of carbonyl (C=O) groups is 1. The number of ketones is 1. The van der Waals surface area contributed by atoms with Gasteiger partial charge in [-0.3, -0.25) is 4.79 Å². The first-order chi connectivity index (χ1) is 9.65. The Balaban J connectivity index is 1.74. The molecule has 0 heterocycles. The maximum atomic E-state index is 13.2. The average Bonchev–Trinajstić information content (AvgIpc) is 2.46. The van der Waals surface area contributed by atoms with Gasteiger partial charge in [0.05, 0.1) is 0 Å². The van der Waals surface area contributed by atoms with Crippen LogP contribution < -0.4 is 0 Å². The van der Waals surface area contributed by atoms with Gasteiger partial charge in [-0.2, -0.15) is 0 Å². The first kappa shape index (κ1) is 13.8. The van der Waals surface area contributed by atoms with Crippen molar-refractivity contribution in [3.8, 4) is 0 Å². The molecule has 1 aromatic carbocycles. The van der Waals surface area contributed by atoms with Crippen LogP contribution in [0.5, 0.6) is 0 Å². The van der Waals surface area contributed by atoms with E-state index in [1.54, 1.807) is 6.07 Å². The molecule has 2 fully saturated rings. The zero-order valence-corrected chi connectivity index (χ0v) is 12.2. The molecule has 3 atom stereocenters. The van der Waals surface area contributed by atoms with E-state index in [2.05, 4.69) is 0 Å². The molecule has 3 rings (SSSR count). The van der Waals surface area contributed by atoms with Crippen LogP contribution in [0.2, 0.25) is 0 Å². The monoisotopic (exact) mass is 274 g/mol. The lowest BCUT2D eigenvalue weighted by atomic mass is 9.66. The van der Waals surface area contributed by atoms with Crippen molar-refractivity contribution in [3.63, 3.8) is 0 Å². The summed E-state index contributed by atoms with van der Waals surface area (Å²) in [5.41, 5.74) is 1.51. The fourth-order valence-electron chi connectivity index (χ4n) is 4.23. The third-order valence-electron chi connectivity index (χ3n) is 5.36. The smallest absolute Gasteiger partial charge is 0.166 e. The molecule has 108 valence electrons. The van der Waals surface area contributed by atoms with Crippen LogP contribution in [-0.4, -0.2) is 5.78 Å². The van der Waals surface area contributed by atoms with E-state index in [1.807, 2.05) is 6.92 Å². The SMILES string of the molecule is Cc1cc(F)ccc1C(=O)C1CCC2CCCCC2C1. The van der Waals surface area contributed by atoms with Crippen molar-refractivity contribution in [2.75, 3.05) is 0 Å². The maximum Gasteiger partial charge on any atom is 0.166 e. The first-order valence-corrected chi connectivity index (χ1v) is 7.95. The van der Waals surface area contributed by atoms with Crippen LogP contribution in [0.15, 0.2) is 18.2 Å². The number of rotatable bonds is 2. The van der Waals surface area contributed by atoms with Gasteiger partial charge in [-0.25, -0.2) is 4.39 Å². The number of benzene rings is 1. The number of carbonyl (C=O) groups excluding carboxylic acids is 1. The largest absolute Gasteiger partial charge is 0.294 e. The number of hydrogen-bond acceptors (Lipinski definition) is 1. The highest BCUT2D eigenvalue weighted by molar-refractivity contribution is 5.99. The fraction of sp³-hybridized carbons (Fsp3) is 0.611. The molecule has 1 nitrogen and oxygen atoms in total. The van der Waals surface area contributed by atoms with Crippen LogP contribution in [0.1, 0.15) is 60.9 Å². The minimum absolute atomic E-state index is 0.165. The molecule has 3 unspecified atom stereocenters. The lowest BCUT2D eigenvalue weighted by Gasteiger charge is -2.38. The Kier molecular flexibility index (Phi) is 3.91. The van der Waals surface area contributed by atoms with Gasteiger partial charge in [0.25, 0.3) is 0 Å². The Hall–Kier alpha value is -1.18. The van der Waals surface area contributed by atoms with E-state index >= 15 is 0 Å². The molecule has 20 heavy (non-hydrogen) atoms. The molecule has 2 saturated carbocycles. The molecular formula is C18H23FO. The van der Waals surface area contributed by atoms with E-state index in [-0.39, 0.29) is 17.5 Å². The third kappa shape index (κ3) is 2.65. The number of halogens is 1. The summed E-state index contributed by atoms with van der Waals surface area (Å²) < 4.78 is 13.2. The standard InChI is InChI=1S/C18H23FO/c1-12-10-16(19)8-9-17(12)18(20)15-7-6-13-4-2-3-5-14(13)11-15/h8-10,13-15H,2-7,11H2,1H3. The summed E-state index contributed by atoms with van der Waals surface area (Å²) in [6, 6.07) is 4.55. The van der Waals surface area contributed by atoms with Crippen LogP contribution in [-0.2, 0) is 0 Å². The van der Waals surface area contributed by atoms with Crippen molar-refractivity contribution in [2.45, 2.75) is 51.9 Å². The lowest BCUT2D eigenvalue weighted by Crippen LogP contribution is -2.31. The summed E-state index contributed by atoms with van der Waals surface area (Å²) in [7, 11) is 0. The highest BCUT2D eigenvalue weighted by Crippen LogP contribution is 2.43. The minimum atomic E-state index is -0.255. The van der Waals surface area contributed by atoms with Gasteiger partial charge in [0.1, 0.15) is 5.82 Å². The topological polar surface area (TPSA) is 17.1 Å². The van der Waals surface area contributed by atoms with E-state index in [1.165, 1.54) is 44.2 Å². The van der Waals surface area contributed by atoms with E-state index in [9.17, 15) is 9.18 Å². The maximum absolute atomic E-state index is 13.2. The zero-order valence-electron chi connectivity index (χ0n) is 12.2. The molecule has 0 aliphatic heterocycles. The highest BCUT2D eigenvalue weighted by atomic mass is 19.1. The summed E-state index contributed by atoms with van der Waals surface area (Å²) in [5, 5.41) is 0. The van der Waals surface area contributed by atoms with Gasteiger partial charge < -0.3 is 0 Å². The summed E-state index contributed by atoms with van der Waals surface area (Å²) in [5.74, 6) is 1.77. The molecule has 1 aromatic rings. The Morgan fingerprint density at radius 3 is 2.60 bits per heavy atom. The quantitative estimate of drug-likeness (QED) is 0.699. The van der Waals surface area contributed by atoms with Gasteiger partial charge in [-0.05, 0) is 61.8 Å². The van der Waals surface area contributed by atoms with Gasteiger partial charge in [-0.15, -0.1) is 0 Å². The molecule has 2 aliphatic carbocycles. The fourth-order valence-corrected chi connectivity index (χ4v) is 4.23. The number of hydrogen-bond donors (Lipinski definition) is 0. The molecule has 0 bridgehead atoms. The number of fused-ring (bicyclic) bond motifs is 1. The minimum Gasteiger partial charge on any atom is -0.294 e. The van der Waals surface area contributed by atoms with E-state index in [0.717, 1.165) is 35.8 Å². The number of Topliss-reactive ketones (excluding diaryl/α,β-unsaturated/α-hetero) is 1. The molecular weight excluding hydrogens is 251 g/mol. The van der Waals surface area contributed by atoms with Gasteiger partial charge in [-0.1, -0.05) is 25.7 Å². The van der Waals surface area contributed by atoms with Crippen molar-refractivity contribution in [2.24, 2.45) is 17.8 Å². The van der Waals surface area contributed by atoms with Crippen LogP contribution in [0.3, 0.4) is 0 Å². The van der Waals surface area contributed by atoms with Crippen molar-refractivity contribution < 1.29 is 9.18 Å². The summed E-state index contributed by atoms with van der Waals surface area (Å²) >= 11 is 0. The van der Waals surface area contributed by atoms with Crippen LogP contribution in [0.4, 0.5) is 4.39 Å². The van der Waals surface area contributed by atoms with Gasteiger partial charge >= 0.3 is 0 Å². The summed E-state index contributed by atoms with van der Waals surface area (Å²) in [4.78, 5) is 12.7. The third-order valence-corrected chi connectivity index (χ3v) is 5.36. The Labute approximate surface area is 120 Å². The molecule has 0 saturated heterocycles. The van der Waals surface area contributed by atoms with Gasteiger partial charge in [0.15, 0.2) is 5.78 Å². The van der Waals surface area contributed by atoms with Crippen molar-refractivity contribution in [1.82, 2.24) is 0 Å². The lowest BCUT2D eigenvalue weighted by molar-refractivity contribution is 0.0763. The molecule has 0 amide bonds. The van der Waals surface area contributed by atoms with E-state index in [0.29, 0.717) is 0 Å². The predicted octanol–water partition coefficient (Wildman–Crippen LogP) is 4.92. The molecule has 0 spiro atoms. The van der Waals surface area contributed by atoms with Crippen LogP contribution >= 0.6 is 0 Å². The second-order valence-electron chi connectivity index (χ2n) is 6.64. The summed E-state index contributed by atoms with van der Waals surface area (Å²) in [6.07, 6.45) is 8.66. The summed E-state index contributed by atoms with van der Waals surface area (Å²) in [6.45, 7) is 1.84. The number of aryl methyl sites for hydroxylation is 1. The highest BCUT2D eigenvalue weighted by Gasteiger charge is 2.35. The van der Waals surface area contributed by atoms with Gasteiger partial charge in [0.2, 0.25) is 0 Å². The molecule has 0 radical (unpaired) electrons. The first-order valence-electron chi connectivity index (χ1n) is 7.95. The Bertz CT molecular complexity index is 508. The second-order valence-corrected chi connectivity index (χ2v) is 6.64. The average molecular weight is 274 g/mol. The van der Waals surface area contributed by atoms with Crippen LogP contribution in [0.25, 0.3) is 0 Å². The molecule has 0 aromatic heterocycles.